The maximum absolute atomic E-state index is 12.3. The summed E-state index contributed by atoms with van der Waals surface area (Å²) in [6, 6.07) is 3.17. The van der Waals surface area contributed by atoms with Crippen LogP contribution in [0.3, 0.4) is 0 Å². The average Bonchev–Trinajstić information content (AvgIpc) is 2.31. The third-order valence-electron chi connectivity index (χ3n) is 2.40. The number of aromatic nitrogens is 1. The van der Waals surface area contributed by atoms with Crippen molar-refractivity contribution in [3.63, 3.8) is 0 Å². The molecule has 7 heteroatoms. The van der Waals surface area contributed by atoms with Crippen LogP contribution in [0.25, 0.3) is 0 Å². The minimum absolute atomic E-state index is 0.118. The van der Waals surface area contributed by atoms with Crippen molar-refractivity contribution in [2.45, 2.75) is 59.3 Å². The Morgan fingerprint density at radius 2 is 1.57 bits per heavy atom. The summed E-state index contributed by atoms with van der Waals surface area (Å²) >= 11 is 0. The molecule has 128 valence electrons. The summed E-state index contributed by atoms with van der Waals surface area (Å²) in [5.41, 5.74) is -1.03. The second-order valence-electron chi connectivity index (χ2n) is 7.12. The van der Waals surface area contributed by atoms with Gasteiger partial charge in [0.1, 0.15) is 11.2 Å². The molecule has 0 bridgehead atoms. The quantitative estimate of drug-likeness (QED) is 0.617. The number of nitrogens with zero attached hydrogens (tertiary/aromatic N) is 2. The molecule has 2 amide bonds. The zero-order valence-electron chi connectivity index (χ0n) is 14.5. The van der Waals surface area contributed by atoms with Gasteiger partial charge >= 0.3 is 12.2 Å². The number of carbonyl (C=O) groups is 2. The molecule has 0 unspecified atom stereocenters. The van der Waals surface area contributed by atoms with Crippen LogP contribution in [0.4, 0.5) is 9.59 Å². The van der Waals surface area contributed by atoms with Crippen molar-refractivity contribution in [1.29, 1.82) is 0 Å². The van der Waals surface area contributed by atoms with E-state index in [-0.39, 0.29) is 6.54 Å². The molecule has 1 rings (SSSR count). The number of imide groups is 1. The number of carbonyl (C=O) groups excluding carboxylic acids is 2. The van der Waals surface area contributed by atoms with Gasteiger partial charge in [-0.2, -0.15) is 4.73 Å². The van der Waals surface area contributed by atoms with Crippen molar-refractivity contribution in [2.24, 2.45) is 0 Å². The summed E-state index contributed by atoms with van der Waals surface area (Å²) in [5.74, 6) is 0. The molecular formula is C16H24N2O5. The summed E-state index contributed by atoms with van der Waals surface area (Å²) in [5, 5.41) is 11.3. The van der Waals surface area contributed by atoms with E-state index in [1.807, 2.05) is 0 Å². The van der Waals surface area contributed by atoms with Crippen LogP contribution in [-0.2, 0) is 16.0 Å². The Balaban J connectivity index is 3.00. The molecule has 1 heterocycles. The van der Waals surface area contributed by atoms with Crippen molar-refractivity contribution in [3.05, 3.63) is 35.3 Å². The molecule has 0 radical (unpaired) electrons. The highest BCUT2D eigenvalue weighted by Crippen LogP contribution is 2.16. The summed E-state index contributed by atoms with van der Waals surface area (Å²) in [6.45, 7) is 10.1. The first-order chi connectivity index (χ1) is 10.4. The van der Waals surface area contributed by atoms with E-state index in [1.165, 1.54) is 18.5 Å². The van der Waals surface area contributed by atoms with Crippen LogP contribution < -0.4 is 4.73 Å². The fourth-order valence-electron chi connectivity index (χ4n) is 1.61. The van der Waals surface area contributed by atoms with Crippen LogP contribution in [0, 0.1) is 5.21 Å². The Hall–Kier alpha value is -2.31. The van der Waals surface area contributed by atoms with Gasteiger partial charge in [0.05, 0.1) is 6.54 Å². The summed E-state index contributed by atoms with van der Waals surface area (Å²) in [4.78, 5) is 25.4. The number of hydrogen-bond donors (Lipinski definition) is 0. The molecule has 0 fully saturated rings. The van der Waals surface area contributed by atoms with Gasteiger partial charge in [-0.1, -0.05) is 0 Å². The standard InChI is InChI=1S/C16H24N2O5/c1-15(2,3)22-13(19)18(14(20)23-16(4,5)6)11-12-8-7-9-17(21)10-12/h7-10H,11H2,1-6H3. The van der Waals surface area contributed by atoms with Crippen LogP contribution in [-0.4, -0.2) is 28.3 Å². The molecule has 0 atom stereocenters. The molecule has 0 aliphatic rings. The van der Waals surface area contributed by atoms with E-state index >= 15 is 0 Å². The molecule has 7 nitrogen and oxygen atoms in total. The Morgan fingerprint density at radius 3 is 1.96 bits per heavy atom. The lowest BCUT2D eigenvalue weighted by Crippen LogP contribution is -2.43. The highest BCUT2D eigenvalue weighted by Gasteiger charge is 2.31. The van der Waals surface area contributed by atoms with E-state index in [1.54, 1.807) is 47.6 Å². The molecule has 0 aromatic carbocycles. The number of rotatable bonds is 2. The van der Waals surface area contributed by atoms with E-state index in [0.717, 1.165) is 4.90 Å². The predicted molar refractivity (Wildman–Crippen MR) is 83.4 cm³/mol. The van der Waals surface area contributed by atoms with E-state index in [4.69, 9.17) is 9.47 Å². The predicted octanol–water partition coefficient (Wildman–Crippen LogP) is 2.99. The molecule has 0 N–H and O–H groups in total. The first-order valence-electron chi connectivity index (χ1n) is 7.28. The maximum Gasteiger partial charge on any atom is 0.420 e. The van der Waals surface area contributed by atoms with E-state index in [0.29, 0.717) is 10.3 Å². The van der Waals surface area contributed by atoms with Gasteiger partial charge in [-0.05, 0) is 47.6 Å². The Bertz CT molecular complexity index is 545. The van der Waals surface area contributed by atoms with Crippen molar-refractivity contribution < 1.29 is 23.8 Å². The minimum atomic E-state index is -0.826. The van der Waals surface area contributed by atoms with Crippen molar-refractivity contribution in [1.82, 2.24) is 4.90 Å². The fraction of sp³-hybridized carbons (Fsp3) is 0.562. The molecule has 0 aliphatic carbocycles. The highest BCUT2D eigenvalue weighted by molar-refractivity contribution is 5.88. The molecule has 0 spiro atoms. The molecule has 0 saturated heterocycles. The number of pyridine rings is 1. The smallest absolute Gasteiger partial charge is 0.420 e. The van der Waals surface area contributed by atoms with E-state index in [9.17, 15) is 14.8 Å². The second-order valence-corrected chi connectivity index (χ2v) is 7.12. The number of hydrogen-bond acceptors (Lipinski definition) is 5. The average molecular weight is 324 g/mol. The Morgan fingerprint density at radius 1 is 1.09 bits per heavy atom. The summed E-state index contributed by atoms with van der Waals surface area (Å²) < 4.78 is 11.1. The summed E-state index contributed by atoms with van der Waals surface area (Å²) in [7, 11) is 0. The van der Waals surface area contributed by atoms with Gasteiger partial charge in [0.2, 0.25) is 0 Å². The fourth-order valence-corrected chi connectivity index (χ4v) is 1.61. The molecule has 1 aromatic heterocycles. The molecule has 23 heavy (non-hydrogen) atoms. The van der Waals surface area contributed by atoms with Crippen molar-refractivity contribution in [2.75, 3.05) is 0 Å². The van der Waals surface area contributed by atoms with Gasteiger partial charge < -0.3 is 14.7 Å². The van der Waals surface area contributed by atoms with Crippen molar-refractivity contribution >= 4 is 12.2 Å². The van der Waals surface area contributed by atoms with Crippen LogP contribution in [0.2, 0.25) is 0 Å². The van der Waals surface area contributed by atoms with Gasteiger partial charge in [0, 0.05) is 11.6 Å². The van der Waals surface area contributed by atoms with Gasteiger partial charge in [-0.15, -0.1) is 0 Å². The normalized spacial score (nSPS) is 11.7. The zero-order valence-corrected chi connectivity index (χ0v) is 14.5. The second kappa shape index (κ2) is 6.85. The Labute approximate surface area is 136 Å². The lowest BCUT2D eigenvalue weighted by Gasteiger charge is -2.28. The molecule has 0 saturated carbocycles. The molecule has 1 aromatic rings. The first-order valence-corrected chi connectivity index (χ1v) is 7.28. The third-order valence-corrected chi connectivity index (χ3v) is 2.40. The number of amides is 2. The monoisotopic (exact) mass is 324 g/mol. The minimum Gasteiger partial charge on any atom is -0.619 e. The molecule has 0 aliphatic heterocycles. The highest BCUT2D eigenvalue weighted by atomic mass is 16.6. The van der Waals surface area contributed by atoms with Gasteiger partial charge in [0.25, 0.3) is 0 Å². The first kappa shape index (κ1) is 18.7. The van der Waals surface area contributed by atoms with Gasteiger partial charge in [-0.3, -0.25) is 0 Å². The van der Waals surface area contributed by atoms with Crippen LogP contribution in [0.15, 0.2) is 24.5 Å². The Kier molecular flexibility index (Phi) is 5.58. The van der Waals surface area contributed by atoms with Crippen LogP contribution >= 0.6 is 0 Å². The largest absolute Gasteiger partial charge is 0.619 e. The SMILES string of the molecule is CC(C)(C)OC(=O)N(Cc1ccc[n+]([O-])c1)C(=O)OC(C)(C)C. The van der Waals surface area contributed by atoms with Crippen LogP contribution in [0.5, 0.6) is 0 Å². The van der Waals surface area contributed by atoms with E-state index < -0.39 is 23.4 Å². The van der Waals surface area contributed by atoms with Crippen LogP contribution in [0.1, 0.15) is 47.1 Å². The van der Waals surface area contributed by atoms with Gasteiger partial charge in [0.15, 0.2) is 12.4 Å². The topological polar surface area (TPSA) is 82.8 Å². The zero-order chi connectivity index (χ0) is 17.8. The van der Waals surface area contributed by atoms with E-state index in [2.05, 4.69) is 0 Å². The lowest BCUT2D eigenvalue weighted by molar-refractivity contribution is -0.605. The van der Waals surface area contributed by atoms with Gasteiger partial charge in [-0.25, -0.2) is 14.5 Å². The van der Waals surface area contributed by atoms with Crippen molar-refractivity contribution in [3.8, 4) is 0 Å². The maximum atomic E-state index is 12.3. The number of ether oxygens (including phenoxy) is 2. The lowest BCUT2D eigenvalue weighted by atomic mass is 10.2. The third kappa shape index (κ3) is 6.99. The summed E-state index contributed by atoms with van der Waals surface area (Å²) in [6.07, 6.45) is 0.942. The molecular weight excluding hydrogens is 300 g/mol.